The van der Waals surface area contributed by atoms with Crippen molar-refractivity contribution >= 4 is 17.9 Å². The molecule has 0 saturated carbocycles. The van der Waals surface area contributed by atoms with E-state index < -0.39 is 0 Å². The predicted molar refractivity (Wildman–Crippen MR) is 82.2 cm³/mol. The summed E-state index contributed by atoms with van der Waals surface area (Å²) >= 11 is 1.33. The van der Waals surface area contributed by atoms with Gasteiger partial charge in [-0.2, -0.15) is 5.26 Å². The third-order valence-corrected chi connectivity index (χ3v) is 2.49. The molecule has 0 radical (unpaired) electrons. The van der Waals surface area contributed by atoms with Gasteiger partial charge in [0.05, 0.1) is 18.2 Å². The standard InChI is InChI=1S/C11H12N2O2S.C4H10/c1-2-15-11(14)8-13-16-10-5-3-9(7-12)4-6-10;1-4(2)3/h3-6,13H,2,8H2,1H3;4H,1-3H3. The lowest BCUT2D eigenvalue weighted by molar-refractivity contribution is -0.141. The van der Waals surface area contributed by atoms with E-state index in [-0.39, 0.29) is 12.5 Å². The van der Waals surface area contributed by atoms with Gasteiger partial charge in [-0.15, -0.1) is 0 Å². The quantitative estimate of drug-likeness (QED) is 0.666. The Morgan fingerprint density at radius 1 is 1.35 bits per heavy atom. The van der Waals surface area contributed by atoms with E-state index in [4.69, 9.17) is 10.00 Å². The molecule has 0 aromatic heterocycles. The summed E-state index contributed by atoms with van der Waals surface area (Å²) in [7, 11) is 0. The number of nitriles is 1. The Bertz CT molecular complexity index is 422. The summed E-state index contributed by atoms with van der Waals surface area (Å²) in [5.74, 6) is 0.559. The van der Waals surface area contributed by atoms with Gasteiger partial charge in [-0.25, -0.2) is 4.72 Å². The van der Waals surface area contributed by atoms with E-state index in [1.165, 1.54) is 11.9 Å². The summed E-state index contributed by atoms with van der Waals surface area (Å²) in [6.45, 7) is 8.83. The Labute approximate surface area is 125 Å². The van der Waals surface area contributed by atoms with Crippen LogP contribution in [0, 0.1) is 17.2 Å². The van der Waals surface area contributed by atoms with E-state index in [0.717, 1.165) is 10.8 Å². The van der Waals surface area contributed by atoms with Gasteiger partial charge in [0, 0.05) is 4.90 Å². The Kier molecular flexibility index (Phi) is 10.5. The molecule has 0 amide bonds. The summed E-state index contributed by atoms with van der Waals surface area (Å²) in [6.07, 6.45) is 0. The first-order valence-corrected chi connectivity index (χ1v) is 7.36. The Hall–Kier alpha value is -1.51. The summed E-state index contributed by atoms with van der Waals surface area (Å²) in [5, 5.41) is 8.60. The minimum absolute atomic E-state index is 0.165. The fraction of sp³-hybridized carbons (Fsp3) is 0.467. The first-order chi connectivity index (χ1) is 9.49. The zero-order valence-corrected chi connectivity index (χ0v) is 13.3. The molecule has 0 heterocycles. The van der Waals surface area contributed by atoms with E-state index in [1.807, 2.05) is 18.2 Å². The molecule has 0 atom stereocenters. The van der Waals surface area contributed by atoms with E-state index >= 15 is 0 Å². The van der Waals surface area contributed by atoms with Crippen molar-refractivity contribution < 1.29 is 9.53 Å². The average Bonchev–Trinajstić information content (AvgIpc) is 2.39. The molecule has 0 spiro atoms. The van der Waals surface area contributed by atoms with E-state index in [2.05, 4.69) is 25.5 Å². The Morgan fingerprint density at radius 2 is 1.90 bits per heavy atom. The van der Waals surface area contributed by atoms with Gasteiger partial charge in [0.25, 0.3) is 0 Å². The van der Waals surface area contributed by atoms with Crippen LogP contribution in [0.5, 0.6) is 0 Å². The van der Waals surface area contributed by atoms with Crippen LogP contribution < -0.4 is 4.72 Å². The molecule has 20 heavy (non-hydrogen) atoms. The monoisotopic (exact) mass is 294 g/mol. The van der Waals surface area contributed by atoms with Crippen LogP contribution in [0.2, 0.25) is 0 Å². The van der Waals surface area contributed by atoms with Crippen molar-refractivity contribution in [2.45, 2.75) is 32.6 Å². The number of ether oxygens (including phenoxy) is 1. The zero-order valence-electron chi connectivity index (χ0n) is 12.5. The maximum Gasteiger partial charge on any atom is 0.320 e. The first-order valence-electron chi connectivity index (χ1n) is 6.55. The van der Waals surface area contributed by atoms with Crippen molar-refractivity contribution in [2.75, 3.05) is 13.2 Å². The van der Waals surface area contributed by atoms with Gasteiger partial charge < -0.3 is 4.74 Å². The number of nitrogens with one attached hydrogen (secondary N) is 1. The maximum absolute atomic E-state index is 11.0. The molecule has 0 fully saturated rings. The number of nitrogens with zero attached hydrogens (tertiary/aromatic N) is 1. The second-order valence-corrected chi connectivity index (χ2v) is 5.56. The molecule has 1 N–H and O–H groups in total. The largest absolute Gasteiger partial charge is 0.465 e. The minimum Gasteiger partial charge on any atom is -0.465 e. The third-order valence-electron chi connectivity index (χ3n) is 1.70. The van der Waals surface area contributed by atoms with E-state index in [9.17, 15) is 4.79 Å². The number of benzene rings is 1. The second kappa shape index (κ2) is 11.3. The molecule has 1 rings (SSSR count). The molecule has 0 aliphatic heterocycles. The molecule has 0 aliphatic carbocycles. The lowest BCUT2D eigenvalue weighted by Crippen LogP contribution is -2.19. The van der Waals surface area contributed by atoms with Crippen LogP contribution in [-0.4, -0.2) is 19.1 Å². The number of hydrogen-bond donors (Lipinski definition) is 1. The van der Waals surface area contributed by atoms with Crippen LogP contribution in [-0.2, 0) is 9.53 Å². The van der Waals surface area contributed by atoms with Gasteiger partial charge in [-0.1, -0.05) is 20.8 Å². The van der Waals surface area contributed by atoms with Gasteiger partial charge in [-0.3, -0.25) is 4.79 Å². The molecule has 0 saturated heterocycles. The number of carbonyl (C=O) groups excluding carboxylic acids is 1. The normalized spacial score (nSPS) is 9.40. The molecule has 1 aromatic carbocycles. The van der Waals surface area contributed by atoms with Crippen molar-refractivity contribution in [1.82, 2.24) is 4.72 Å². The second-order valence-electron chi connectivity index (χ2n) is 4.60. The third kappa shape index (κ3) is 10.4. The number of esters is 1. The molecular weight excluding hydrogens is 272 g/mol. The van der Waals surface area contributed by atoms with Crippen molar-refractivity contribution in [1.29, 1.82) is 5.26 Å². The summed E-state index contributed by atoms with van der Waals surface area (Å²) in [6, 6.07) is 9.14. The van der Waals surface area contributed by atoms with E-state index in [0.29, 0.717) is 12.2 Å². The molecule has 0 bridgehead atoms. The van der Waals surface area contributed by atoms with Crippen LogP contribution in [0.1, 0.15) is 33.3 Å². The molecule has 0 aliphatic rings. The van der Waals surface area contributed by atoms with Crippen LogP contribution in [0.4, 0.5) is 0 Å². The molecule has 1 aromatic rings. The van der Waals surface area contributed by atoms with Crippen molar-refractivity contribution in [3.63, 3.8) is 0 Å². The lowest BCUT2D eigenvalue weighted by Gasteiger charge is -2.03. The fourth-order valence-corrected chi connectivity index (χ4v) is 1.62. The SMILES string of the molecule is CC(C)C.CCOC(=O)CNSc1ccc(C#N)cc1. The van der Waals surface area contributed by atoms with Gasteiger partial charge in [0.2, 0.25) is 0 Å². The first kappa shape index (κ1) is 18.5. The van der Waals surface area contributed by atoms with Crippen molar-refractivity contribution in [2.24, 2.45) is 5.92 Å². The van der Waals surface area contributed by atoms with Gasteiger partial charge in [0.1, 0.15) is 6.54 Å². The fourth-order valence-electron chi connectivity index (χ4n) is 0.988. The number of rotatable bonds is 5. The van der Waals surface area contributed by atoms with Crippen LogP contribution in [0.15, 0.2) is 29.2 Å². The van der Waals surface area contributed by atoms with Crippen molar-refractivity contribution in [3.8, 4) is 6.07 Å². The highest BCUT2D eigenvalue weighted by Gasteiger charge is 2.01. The van der Waals surface area contributed by atoms with Crippen LogP contribution in [0.3, 0.4) is 0 Å². The molecular formula is C15H22N2O2S. The summed E-state index contributed by atoms with van der Waals surface area (Å²) in [5.41, 5.74) is 0.620. The van der Waals surface area contributed by atoms with Gasteiger partial charge in [-0.05, 0) is 49.1 Å². The lowest BCUT2D eigenvalue weighted by atomic mass is 10.2. The molecule has 4 nitrogen and oxygen atoms in total. The van der Waals surface area contributed by atoms with E-state index in [1.54, 1.807) is 19.1 Å². The molecule has 0 unspecified atom stereocenters. The summed E-state index contributed by atoms with van der Waals surface area (Å²) in [4.78, 5) is 11.9. The highest BCUT2D eigenvalue weighted by Crippen LogP contribution is 2.14. The number of carbonyl (C=O) groups is 1. The predicted octanol–water partition coefficient (Wildman–Crippen LogP) is 3.38. The Balaban J connectivity index is 0.000000796. The summed E-state index contributed by atoms with van der Waals surface area (Å²) < 4.78 is 7.64. The zero-order chi connectivity index (χ0) is 15.4. The topological polar surface area (TPSA) is 62.1 Å². The molecule has 110 valence electrons. The minimum atomic E-state index is -0.274. The smallest absolute Gasteiger partial charge is 0.320 e. The number of hydrogen-bond acceptors (Lipinski definition) is 5. The highest BCUT2D eigenvalue weighted by molar-refractivity contribution is 7.97. The molecule has 5 heteroatoms. The van der Waals surface area contributed by atoms with Gasteiger partial charge in [0.15, 0.2) is 0 Å². The van der Waals surface area contributed by atoms with Crippen LogP contribution in [0.25, 0.3) is 0 Å². The van der Waals surface area contributed by atoms with Gasteiger partial charge >= 0.3 is 5.97 Å². The van der Waals surface area contributed by atoms with Crippen molar-refractivity contribution in [3.05, 3.63) is 29.8 Å². The average molecular weight is 294 g/mol. The van der Waals surface area contributed by atoms with Crippen LogP contribution >= 0.6 is 11.9 Å². The Morgan fingerprint density at radius 3 is 2.35 bits per heavy atom. The maximum atomic E-state index is 11.0. The highest BCUT2D eigenvalue weighted by atomic mass is 32.2.